The highest BCUT2D eigenvalue weighted by molar-refractivity contribution is 6.31. The molecule has 0 aliphatic carbocycles. The summed E-state index contributed by atoms with van der Waals surface area (Å²) in [4.78, 5) is 11.0. The van der Waals surface area contributed by atoms with Crippen LogP contribution in [0.25, 0.3) is 11.1 Å². The van der Waals surface area contributed by atoms with Gasteiger partial charge in [0.05, 0.1) is 0 Å². The van der Waals surface area contributed by atoms with Crippen LogP contribution in [0.1, 0.15) is 15.9 Å². The van der Waals surface area contributed by atoms with E-state index in [1.165, 1.54) is 5.56 Å². The summed E-state index contributed by atoms with van der Waals surface area (Å²) in [6, 6.07) is 13.4. The van der Waals surface area contributed by atoms with Gasteiger partial charge in [0.15, 0.2) is 6.29 Å². The van der Waals surface area contributed by atoms with Crippen molar-refractivity contribution in [2.45, 2.75) is 6.92 Å². The highest BCUT2D eigenvalue weighted by atomic mass is 35.5. The molecule has 0 aliphatic rings. The van der Waals surface area contributed by atoms with Crippen LogP contribution in [0.2, 0.25) is 5.02 Å². The van der Waals surface area contributed by atoms with Crippen LogP contribution in [0.5, 0.6) is 0 Å². The van der Waals surface area contributed by atoms with E-state index in [1.807, 2.05) is 37.3 Å². The molecule has 0 aromatic heterocycles. The molecule has 0 saturated heterocycles. The van der Waals surface area contributed by atoms with Crippen molar-refractivity contribution < 1.29 is 4.79 Å². The fourth-order valence-electron chi connectivity index (χ4n) is 1.63. The van der Waals surface area contributed by atoms with Gasteiger partial charge in [-0.25, -0.2) is 0 Å². The molecule has 0 amide bonds. The molecule has 0 unspecified atom stereocenters. The first-order valence-electron chi connectivity index (χ1n) is 5.02. The second-order valence-corrected chi connectivity index (χ2v) is 4.15. The van der Waals surface area contributed by atoms with Gasteiger partial charge >= 0.3 is 0 Å². The van der Waals surface area contributed by atoms with E-state index in [2.05, 4.69) is 0 Å². The maximum absolute atomic E-state index is 11.0. The van der Waals surface area contributed by atoms with E-state index >= 15 is 0 Å². The van der Waals surface area contributed by atoms with E-state index in [-0.39, 0.29) is 0 Å². The van der Waals surface area contributed by atoms with E-state index in [9.17, 15) is 4.79 Å². The summed E-state index contributed by atoms with van der Waals surface area (Å²) < 4.78 is 0. The monoisotopic (exact) mass is 230 g/mol. The first kappa shape index (κ1) is 10.9. The van der Waals surface area contributed by atoms with Crippen molar-refractivity contribution >= 4 is 17.9 Å². The normalized spacial score (nSPS) is 10.1. The number of aldehydes is 1. The van der Waals surface area contributed by atoms with Crippen molar-refractivity contribution in [3.05, 3.63) is 58.6 Å². The number of carbonyl (C=O) groups is 1. The summed E-state index contributed by atoms with van der Waals surface area (Å²) in [6.07, 6.45) is 0.834. The second-order valence-electron chi connectivity index (χ2n) is 3.72. The van der Waals surface area contributed by atoms with E-state index in [0.29, 0.717) is 10.6 Å². The van der Waals surface area contributed by atoms with Crippen LogP contribution in [0.15, 0.2) is 42.5 Å². The predicted molar refractivity (Wildman–Crippen MR) is 67.0 cm³/mol. The van der Waals surface area contributed by atoms with Crippen LogP contribution in [-0.4, -0.2) is 6.29 Å². The molecule has 2 rings (SSSR count). The van der Waals surface area contributed by atoms with E-state index in [0.717, 1.165) is 17.4 Å². The summed E-state index contributed by atoms with van der Waals surface area (Å²) in [6.45, 7) is 2.03. The largest absolute Gasteiger partial charge is 0.298 e. The van der Waals surface area contributed by atoms with Crippen molar-refractivity contribution in [3.63, 3.8) is 0 Å². The van der Waals surface area contributed by atoms with Crippen LogP contribution < -0.4 is 0 Å². The Morgan fingerprint density at radius 1 is 1.06 bits per heavy atom. The number of aryl methyl sites for hydroxylation is 1. The van der Waals surface area contributed by atoms with Crippen LogP contribution in [0.4, 0.5) is 0 Å². The Balaban J connectivity index is 2.55. The van der Waals surface area contributed by atoms with E-state index in [1.54, 1.807) is 12.1 Å². The van der Waals surface area contributed by atoms with Gasteiger partial charge in [-0.15, -0.1) is 0 Å². The number of carbonyl (C=O) groups excluding carboxylic acids is 1. The Kier molecular flexibility index (Phi) is 3.07. The third-order valence-corrected chi connectivity index (χ3v) is 2.74. The summed E-state index contributed by atoms with van der Waals surface area (Å²) >= 11 is 5.85. The predicted octanol–water partition coefficient (Wildman–Crippen LogP) is 4.13. The maximum atomic E-state index is 11.0. The summed E-state index contributed by atoms with van der Waals surface area (Å²) in [5, 5.41) is 0.581. The molecule has 16 heavy (non-hydrogen) atoms. The number of benzene rings is 2. The van der Waals surface area contributed by atoms with Crippen molar-refractivity contribution in [2.75, 3.05) is 0 Å². The van der Waals surface area contributed by atoms with Gasteiger partial charge in [-0.05, 0) is 30.2 Å². The Hall–Kier alpha value is -1.60. The van der Waals surface area contributed by atoms with Gasteiger partial charge in [0.1, 0.15) is 0 Å². The molecule has 0 atom stereocenters. The molecule has 80 valence electrons. The zero-order valence-electron chi connectivity index (χ0n) is 8.91. The van der Waals surface area contributed by atoms with Crippen molar-refractivity contribution in [1.29, 1.82) is 0 Å². The average Bonchev–Trinajstić information content (AvgIpc) is 2.30. The lowest BCUT2D eigenvalue weighted by Gasteiger charge is -2.05. The molecule has 0 bridgehead atoms. The second kappa shape index (κ2) is 4.50. The molecular weight excluding hydrogens is 220 g/mol. The smallest absolute Gasteiger partial charge is 0.150 e. The summed E-state index contributed by atoms with van der Waals surface area (Å²) in [5.41, 5.74) is 3.77. The standard InChI is InChI=1S/C14H11ClO/c1-10-2-4-11(5-3-10)14-7-6-13(15)8-12(14)9-16/h2-9H,1H3. The van der Waals surface area contributed by atoms with Gasteiger partial charge in [0, 0.05) is 10.6 Å². The van der Waals surface area contributed by atoms with Crippen LogP contribution in [-0.2, 0) is 0 Å². The molecule has 0 heterocycles. The minimum absolute atomic E-state index is 0.581. The SMILES string of the molecule is Cc1ccc(-c2ccc(Cl)cc2C=O)cc1. The fourth-order valence-corrected chi connectivity index (χ4v) is 1.81. The molecule has 2 heteroatoms. The van der Waals surface area contributed by atoms with Gasteiger partial charge in [0.2, 0.25) is 0 Å². The van der Waals surface area contributed by atoms with Crippen molar-refractivity contribution in [3.8, 4) is 11.1 Å². The first-order chi connectivity index (χ1) is 7.70. The van der Waals surface area contributed by atoms with Crippen molar-refractivity contribution in [1.82, 2.24) is 0 Å². The minimum Gasteiger partial charge on any atom is -0.298 e. The molecule has 0 spiro atoms. The third kappa shape index (κ3) is 2.15. The number of hydrogen-bond donors (Lipinski definition) is 0. The fraction of sp³-hybridized carbons (Fsp3) is 0.0714. The van der Waals surface area contributed by atoms with E-state index in [4.69, 9.17) is 11.6 Å². The Morgan fingerprint density at radius 2 is 1.75 bits per heavy atom. The zero-order valence-corrected chi connectivity index (χ0v) is 9.66. The lowest BCUT2D eigenvalue weighted by Crippen LogP contribution is -1.87. The molecule has 2 aromatic rings. The number of rotatable bonds is 2. The minimum atomic E-state index is 0.581. The maximum Gasteiger partial charge on any atom is 0.150 e. The molecular formula is C14H11ClO. The molecule has 0 fully saturated rings. The molecule has 2 aromatic carbocycles. The molecule has 0 aliphatic heterocycles. The Bertz CT molecular complexity index is 515. The molecule has 1 nitrogen and oxygen atoms in total. The van der Waals surface area contributed by atoms with Gasteiger partial charge in [-0.1, -0.05) is 47.5 Å². The highest BCUT2D eigenvalue weighted by Gasteiger charge is 2.04. The highest BCUT2D eigenvalue weighted by Crippen LogP contribution is 2.25. The lowest BCUT2D eigenvalue weighted by molar-refractivity contribution is 0.112. The molecule has 0 saturated carbocycles. The number of hydrogen-bond acceptors (Lipinski definition) is 1. The molecule has 0 radical (unpaired) electrons. The average molecular weight is 231 g/mol. The summed E-state index contributed by atoms with van der Waals surface area (Å²) in [7, 11) is 0. The first-order valence-corrected chi connectivity index (χ1v) is 5.40. The van der Waals surface area contributed by atoms with Crippen LogP contribution in [0, 0.1) is 6.92 Å². The van der Waals surface area contributed by atoms with Gasteiger partial charge < -0.3 is 0 Å². The molecule has 0 N–H and O–H groups in total. The van der Waals surface area contributed by atoms with E-state index < -0.39 is 0 Å². The van der Waals surface area contributed by atoms with Crippen LogP contribution >= 0.6 is 11.6 Å². The number of halogens is 1. The van der Waals surface area contributed by atoms with Crippen molar-refractivity contribution in [2.24, 2.45) is 0 Å². The van der Waals surface area contributed by atoms with Gasteiger partial charge in [0.25, 0.3) is 0 Å². The third-order valence-electron chi connectivity index (χ3n) is 2.50. The topological polar surface area (TPSA) is 17.1 Å². The van der Waals surface area contributed by atoms with Gasteiger partial charge in [-0.3, -0.25) is 4.79 Å². The van der Waals surface area contributed by atoms with Gasteiger partial charge in [-0.2, -0.15) is 0 Å². The lowest BCUT2D eigenvalue weighted by atomic mass is 10.00. The summed E-state index contributed by atoms with van der Waals surface area (Å²) in [5.74, 6) is 0. The zero-order chi connectivity index (χ0) is 11.5. The van der Waals surface area contributed by atoms with Crippen LogP contribution in [0.3, 0.4) is 0 Å². The Morgan fingerprint density at radius 3 is 2.38 bits per heavy atom. The quantitative estimate of drug-likeness (QED) is 0.709. The Labute approximate surface area is 99.7 Å².